The van der Waals surface area contributed by atoms with E-state index in [4.69, 9.17) is 5.14 Å². The number of benzene rings is 1. The summed E-state index contributed by atoms with van der Waals surface area (Å²) in [4.78, 5) is 11.9. The Morgan fingerprint density at radius 1 is 1.39 bits per heavy atom. The number of nitrogens with two attached hydrogens (primary N) is 1. The van der Waals surface area contributed by atoms with Gasteiger partial charge in [0.2, 0.25) is 10.0 Å². The standard InChI is InChI=1S/C12H16N2O3S/c1-7-3-9(6-10(4-7)18(13,16)17)12(15)14-11-5-8(11)2/h3-4,6,8,11H,5H2,1-2H3,(H,14,15)(H2,13,16,17). The highest BCUT2D eigenvalue weighted by Gasteiger charge is 2.34. The molecule has 1 amide bonds. The van der Waals surface area contributed by atoms with Gasteiger partial charge in [-0.15, -0.1) is 0 Å². The third-order valence-corrected chi connectivity index (χ3v) is 3.96. The van der Waals surface area contributed by atoms with Crippen molar-refractivity contribution in [1.82, 2.24) is 5.32 Å². The van der Waals surface area contributed by atoms with Crippen LogP contribution in [0, 0.1) is 12.8 Å². The molecular weight excluding hydrogens is 252 g/mol. The fraction of sp³-hybridized carbons (Fsp3) is 0.417. The maximum absolute atomic E-state index is 11.9. The van der Waals surface area contributed by atoms with Crippen molar-refractivity contribution in [3.8, 4) is 0 Å². The summed E-state index contributed by atoms with van der Waals surface area (Å²) >= 11 is 0. The van der Waals surface area contributed by atoms with Crippen molar-refractivity contribution in [2.24, 2.45) is 11.1 Å². The van der Waals surface area contributed by atoms with E-state index in [1.54, 1.807) is 13.0 Å². The molecule has 0 spiro atoms. The first-order chi connectivity index (χ1) is 8.27. The van der Waals surface area contributed by atoms with E-state index < -0.39 is 10.0 Å². The van der Waals surface area contributed by atoms with E-state index in [-0.39, 0.29) is 16.8 Å². The Balaban J connectivity index is 2.27. The second-order valence-electron chi connectivity index (χ2n) is 4.87. The van der Waals surface area contributed by atoms with E-state index in [1.807, 2.05) is 0 Å². The lowest BCUT2D eigenvalue weighted by Gasteiger charge is -2.07. The molecule has 1 aliphatic carbocycles. The summed E-state index contributed by atoms with van der Waals surface area (Å²) < 4.78 is 22.6. The summed E-state index contributed by atoms with van der Waals surface area (Å²) in [7, 11) is -3.78. The Morgan fingerprint density at radius 2 is 2.00 bits per heavy atom. The quantitative estimate of drug-likeness (QED) is 0.849. The maximum atomic E-state index is 11.9. The van der Waals surface area contributed by atoms with Gasteiger partial charge >= 0.3 is 0 Å². The van der Waals surface area contributed by atoms with Gasteiger partial charge in [0.1, 0.15) is 0 Å². The predicted molar refractivity (Wildman–Crippen MR) is 67.6 cm³/mol. The first-order valence-electron chi connectivity index (χ1n) is 5.73. The summed E-state index contributed by atoms with van der Waals surface area (Å²) in [5.74, 6) is 0.245. The van der Waals surface area contributed by atoms with E-state index in [0.717, 1.165) is 6.42 Å². The van der Waals surface area contributed by atoms with Gasteiger partial charge < -0.3 is 5.32 Å². The van der Waals surface area contributed by atoms with Crippen molar-refractivity contribution in [2.75, 3.05) is 0 Å². The summed E-state index contributed by atoms with van der Waals surface area (Å²) in [5, 5.41) is 7.92. The fourth-order valence-electron chi connectivity index (χ4n) is 1.82. The van der Waals surface area contributed by atoms with Crippen molar-refractivity contribution < 1.29 is 13.2 Å². The Kier molecular flexibility index (Phi) is 3.16. The van der Waals surface area contributed by atoms with Crippen LogP contribution in [0.1, 0.15) is 29.3 Å². The van der Waals surface area contributed by atoms with Crippen LogP contribution in [0.25, 0.3) is 0 Å². The Morgan fingerprint density at radius 3 is 2.50 bits per heavy atom. The molecule has 1 aromatic carbocycles. The molecule has 0 heterocycles. The van der Waals surface area contributed by atoms with E-state index in [9.17, 15) is 13.2 Å². The highest BCUT2D eigenvalue weighted by atomic mass is 32.2. The van der Waals surface area contributed by atoms with Crippen LogP contribution in [0.2, 0.25) is 0 Å². The van der Waals surface area contributed by atoms with Crippen LogP contribution >= 0.6 is 0 Å². The number of carbonyl (C=O) groups excluding carboxylic acids is 1. The first-order valence-corrected chi connectivity index (χ1v) is 7.27. The summed E-state index contributed by atoms with van der Waals surface area (Å²) in [5.41, 5.74) is 1.02. The lowest BCUT2D eigenvalue weighted by atomic mass is 10.1. The molecule has 2 atom stereocenters. The molecule has 0 radical (unpaired) electrons. The van der Waals surface area contributed by atoms with Crippen molar-refractivity contribution in [1.29, 1.82) is 0 Å². The molecule has 98 valence electrons. The van der Waals surface area contributed by atoms with E-state index >= 15 is 0 Å². The Bertz CT molecular complexity index is 595. The average Bonchev–Trinajstić information content (AvgIpc) is 2.92. The summed E-state index contributed by atoms with van der Waals surface area (Å²) in [6, 6.07) is 4.61. The molecule has 18 heavy (non-hydrogen) atoms. The summed E-state index contributed by atoms with van der Waals surface area (Å²) in [6.07, 6.45) is 0.972. The second-order valence-corrected chi connectivity index (χ2v) is 6.43. The minimum atomic E-state index is -3.78. The normalized spacial score (nSPS) is 22.6. The zero-order valence-electron chi connectivity index (χ0n) is 10.3. The van der Waals surface area contributed by atoms with Gasteiger partial charge in [-0.3, -0.25) is 4.79 Å². The van der Waals surface area contributed by atoms with Gasteiger partial charge in [0.25, 0.3) is 5.91 Å². The zero-order chi connectivity index (χ0) is 13.5. The average molecular weight is 268 g/mol. The Hall–Kier alpha value is -1.40. The second kappa shape index (κ2) is 4.37. The number of aryl methyl sites for hydroxylation is 1. The zero-order valence-corrected chi connectivity index (χ0v) is 11.1. The van der Waals surface area contributed by atoms with Crippen LogP contribution in [0.5, 0.6) is 0 Å². The molecule has 5 nitrogen and oxygen atoms in total. The molecule has 1 fully saturated rings. The molecular formula is C12H16N2O3S. The summed E-state index contributed by atoms with van der Waals surface area (Å²) in [6.45, 7) is 3.78. The van der Waals surface area contributed by atoms with Gasteiger partial charge in [0.05, 0.1) is 4.90 Å². The van der Waals surface area contributed by atoms with Crippen molar-refractivity contribution in [3.63, 3.8) is 0 Å². The van der Waals surface area contributed by atoms with Gasteiger partial charge in [0.15, 0.2) is 0 Å². The number of nitrogens with one attached hydrogen (secondary N) is 1. The van der Waals surface area contributed by atoms with Crippen LogP contribution in [-0.2, 0) is 10.0 Å². The van der Waals surface area contributed by atoms with Gasteiger partial charge in [-0.2, -0.15) is 0 Å². The van der Waals surface area contributed by atoms with Crippen molar-refractivity contribution in [2.45, 2.75) is 31.2 Å². The van der Waals surface area contributed by atoms with Gasteiger partial charge in [-0.1, -0.05) is 6.92 Å². The van der Waals surface area contributed by atoms with E-state index in [2.05, 4.69) is 12.2 Å². The van der Waals surface area contributed by atoms with Crippen LogP contribution in [-0.4, -0.2) is 20.4 Å². The first kappa shape index (κ1) is 13.0. The highest BCUT2D eigenvalue weighted by Crippen LogP contribution is 2.29. The van der Waals surface area contributed by atoms with Gasteiger partial charge in [-0.25, -0.2) is 13.6 Å². The highest BCUT2D eigenvalue weighted by molar-refractivity contribution is 7.89. The number of hydrogen-bond acceptors (Lipinski definition) is 3. The minimum Gasteiger partial charge on any atom is -0.349 e. The van der Waals surface area contributed by atoms with Crippen LogP contribution < -0.4 is 10.5 Å². The SMILES string of the molecule is Cc1cc(C(=O)NC2CC2C)cc(S(N)(=O)=O)c1. The topological polar surface area (TPSA) is 89.3 Å². The van der Waals surface area contributed by atoms with Gasteiger partial charge in [-0.05, 0) is 43.0 Å². The maximum Gasteiger partial charge on any atom is 0.251 e. The smallest absolute Gasteiger partial charge is 0.251 e. The molecule has 1 saturated carbocycles. The molecule has 0 saturated heterocycles. The number of hydrogen-bond donors (Lipinski definition) is 2. The molecule has 3 N–H and O–H groups in total. The number of sulfonamides is 1. The number of carbonyl (C=O) groups is 1. The predicted octanol–water partition coefficient (Wildman–Crippen LogP) is 0.781. The largest absolute Gasteiger partial charge is 0.349 e. The van der Waals surface area contributed by atoms with E-state index in [0.29, 0.717) is 17.0 Å². The van der Waals surface area contributed by atoms with Crippen LogP contribution in [0.3, 0.4) is 0 Å². The van der Waals surface area contributed by atoms with Crippen LogP contribution in [0.15, 0.2) is 23.1 Å². The fourth-order valence-corrected chi connectivity index (χ4v) is 2.46. The molecule has 0 aromatic heterocycles. The number of amides is 1. The van der Waals surface area contributed by atoms with Crippen molar-refractivity contribution >= 4 is 15.9 Å². The minimum absolute atomic E-state index is 0.0310. The Labute approximate surface area is 106 Å². The lowest BCUT2D eigenvalue weighted by molar-refractivity contribution is 0.0949. The molecule has 2 rings (SSSR count). The monoisotopic (exact) mass is 268 g/mol. The number of rotatable bonds is 3. The molecule has 1 aliphatic rings. The third-order valence-electron chi connectivity index (χ3n) is 3.07. The number of primary sulfonamides is 1. The molecule has 2 unspecified atom stereocenters. The molecule has 1 aromatic rings. The van der Waals surface area contributed by atoms with Gasteiger partial charge in [0, 0.05) is 11.6 Å². The molecule has 0 bridgehead atoms. The molecule has 6 heteroatoms. The third kappa shape index (κ3) is 2.88. The van der Waals surface area contributed by atoms with Crippen LogP contribution in [0.4, 0.5) is 0 Å². The van der Waals surface area contributed by atoms with Crippen molar-refractivity contribution in [3.05, 3.63) is 29.3 Å². The van der Waals surface area contributed by atoms with E-state index in [1.165, 1.54) is 12.1 Å². The lowest BCUT2D eigenvalue weighted by Crippen LogP contribution is -2.27. The molecule has 0 aliphatic heterocycles.